The van der Waals surface area contributed by atoms with Gasteiger partial charge in [0.25, 0.3) is 0 Å². The second-order valence-corrected chi connectivity index (χ2v) is 4.39. The number of ether oxygens (including phenoxy) is 3. The molecule has 0 aliphatic carbocycles. The van der Waals surface area contributed by atoms with Crippen molar-refractivity contribution in [2.75, 3.05) is 21.3 Å². The summed E-state index contributed by atoms with van der Waals surface area (Å²) in [6, 6.07) is 4.73. The number of benzene rings is 1. The molecule has 0 N–H and O–H groups in total. The van der Waals surface area contributed by atoms with Gasteiger partial charge in [-0.05, 0) is 23.3 Å². The van der Waals surface area contributed by atoms with Crippen molar-refractivity contribution < 1.29 is 19.1 Å². The van der Waals surface area contributed by atoms with Crippen LogP contribution in [0.3, 0.4) is 0 Å². The zero-order valence-corrected chi connectivity index (χ0v) is 15.3. The molecule has 25 heavy (non-hydrogen) atoms. The number of nitrogens with zero attached hydrogens (tertiary/aromatic N) is 1. The fourth-order valence-electron chi connectivity index (χ4n) is 1.67. The number of rotatable bonds is 8. The normalized spacial score (nSPS) is 11.0. The molecular formula is C19H25NO5. The molecule has 6 heteroatoms. The Morgan fingerprint density at radius 2 is 1.84 bits per heavy atom. The van der Waals surface area contributed by atoms with Crippen LogP contribution in [0.15, 0.2) is 60.6 Å². The van der Waals surface area contributed by atoms with Crippen LogP contribution < -0.4 is 4.74 Å². The molecule has 0 heterocycles. The molecule has 0 spiro atoms. The highest BCUT2D eigenvalue weighted by Gasteiger charge is 2.13. The third-order valence-corrected chi connectivity index (χ3v) is 2.82. The standard InChI is InChI=1S/C17H19NO5.C2H6/c1-13(6-9-15(22-3)12-21-2)5-7-14-8-10-17(23-4)16(11-14)18(19)20;1-2/h5-12H,1H2,2-4H3;1-2H3/b7-5+,9-6-,15-12+;. The number of hydrogen-bond acceptors (Lipinski definition) is 5. The Balaban J connectivity index is 0.00000277. The molecule has 0 bridgehead atoms. The van der Waals surface area contributed by atoms with Crippen LogP contribution in [0.25, 0.3) is 6.08 Å². The SMILES string of the molecule is C=C(/C=C\C(=C/OC)OC)/C=C/c1ccc(OC)c([N+](=O)[O-])c1.CC. The summed E-state index contributed by atoms with van der Waals surface area (Å²) in [5.74, 6) is 0.766. The summed E-state index contributed by atoms with van der Waals surface area (Å²) in [4.78, 5) is 10.5. The minimum Gasteiger partial charge on any atom is -0.501 e. The third kappa shape index (κ3) is 7.87. The van der Waals surface area contributed by atoms with Crippen LogP contribution >= 0.6 is 0 Å². The van der Waals surface area contributed by atoms with Crippen LogP contribution in [0.1, 0.15) is 19.4 Å². The fraction of sp³-hybridized carbons (Fsp3) is 0.263. The first-order chi connectivity index (χ1) is 12.0. The second-order valence-electron chi connectivity index (χ2n) is 4.39. The number of nitro benzene ring substituents is 1. The van der Waals surface area contributed by atoms with E-state index in [0.29, 0.717) is 16.9 Å². The molecule has 0 atom stereocenters. The molecule has 0 unspecified atom stereocenters. The Bertz CT molecular complexity index is 660. The molecule has 1 aromatic carbocycles. The molecule has 0 aliphatic rings. The minimum absolute atomic E-state index is 0.0829. The summed E-state index contributed by atoms with van der Waals surface area (Å²) in [5, 5.41) is 11.0. The van der Waals surface area contributed by atoms with Crippen molar-refractivity contribution in [1.82, 2.24) is 0 Å². The van der Waals surface area contributed by atoms with E-state index in [1.807, 2.05) is 13.8 Å². The topological polar surface area (TPSA) is 70.8 Å². The van der Waals surface area contributed by atoms with Gasteiger partial charge in [0.2, 0.25) is 0 Å². The zero-order chi connectivity index (χ0) is 19.2. The second kappa shape index (κ2) is 12.4. The molecule has 0 saturated heterocycles. The van der Waals surface area contributed by atoms with E-state index in [9.17, 15) is 10.1 Å². The van der Waals surface area contributed by atoms with E-state index in [1.165, 1.54) is 33.7 Å². The van der Waals surface area contributed by atoms with Crippen LogP contribution in [0.5, 0.6) is 5.75 Å². The maximum absolute atomic E-state index is 11.0. The van der Waals surface area contributed by atoms with E-state index in [1.54, 1.807) is 36.4 Å². The van der Waals surface area contributed by atoms with Gasteiger partial charge in [0, 0.05) is 6.07 Å². The van der Waals surface area contributed by atoms with Gasteiger partial charge in [-0.1, -0.05) is 44.7 Å². The van der Waals surface area contributed by atoms with Crippen molar-refractivity contribution in [2.24, 2.45) is 0 Å². The summed E-state index contributed by atoms with van der Waals surface area (Å²) in [5.41, 5.74) is 1.29. The molecule has 0 saturated carbocycles. The van der Waals surface area contributed by atoms with Crippen molar-refractivity contribution in [3.05, 3.63) is 76.3 Å². The maximum atomic E-state index is 11.0. The van der Waals surface area contributed by atoms with E-state index in [0.717, 1.165) is 0 Å². The average molecular weight is 347 g/mol. The molecule has 0 amide bonds. The van der Waals surface area contributed by atoms with Crippen molar-refractivity contribution >= 4 is 11.8 Å². The lowest BCUT2D eigenvalue weighted by Gasteiger charge is -2.02. The lowest BCUT2D eigenvalue weighted by atomic mass is 10.1. The summed E-state index contributed by atoms with van der Waals surface area (Å²) >= 11 is 0. The number of nitro groups is 1. The van der Waals surface area contributed by atoms with Gasteiger partial charge in [-0.2, -0.15) is 0 Å². The Morgan fingerprint density at radius 3 is 2.36 bits per heavy atom. The monoisotopic (exact) mass is 347 g/mol. The Kier molecular flexibility index (Phi) is 10.9. The van der Waals surface area contributed by atoms with Gasteiger partial charge in [0.05, 0.1) is 26.3 Å². The van der Waals surface area contributed by atoms with Crippen LogP contribution in [0.4, 0.5) is 5.69 Å². The van der Waals surface area contributed by atoms with Gasteiger partial charge in [0.15, 0.2) is 11.5 Å². The molecule has 0 radical (unpaired) electrons. The summed E-state index contributed by atoms with van der Waals surface area (Å²) in [6.45, 7) is 7.87. The first-order valence-corrected chi connectivity index (χ1v) is 7.66. The van der Waals surface area contributed by atoms with E-state index >= 15 is 0 Å². The Hall–Kier alpha value is -3.02. The fourth-order valence-corrected chi connectivity index (χ4v) is 1.67. The molecular weight excluding hydrogens is 322 g/mol. The molecule has 6 nitrogen and oxygen atoms in total. The lowest BCUT2D eigenvalue weighted by Crippen LogP contribution is -1.93. The Labute approximate surface area is 148 Å². The quantitative estimate of drug-likeness (QED) is 0.290. The Morgan fingerprint density at radius 1 is 1.16 bits per heavy atom. The highest BCUT2D eigenvalue weighted by molar-refractivity contribution is 5.61. The summed E-state index contributed by atoms with van der Waals surface area (Å²) in [6.07, 6.45) is 8.36. The van der Waals surface area contributed by atoms with Gasteiger partial charge < -0.3 is 14.2 Å². The molecule has 0 aliphatic heterocycles. The smallest absolute Gasteiger partial charge is 0.311 e. The average Bonchev–Trinajstić information content (AvgIpc) is 2.64. The van der Waals surface area contributed by atoms with Crippen LogP contribution in [0, 0.1) is 10.1 Å². The van der Waals surface area contributed by atoms with Crippen molar-refractivity contribution in [2.45, 2.75) is 13.8 Å². The number of hydrogen-bond donors (Lipinski definition) is 0. The molecule has 0 aromatic heterocycles. The largest absolute Gasteiger partial charge is 0.501 e. The minimum atomic E-state index is -0.481. The number of allylic oxidation sites excluding steroid dienone is 4. The predicted molar refractivity (Wildman–Crippen MR) is 100 cm³/mol. The van der Waals surface area contributed by atoms with E-state index in [2.05, 4.69) is 6.58 Å². The molecule has 0 fully saturated rings. The van der Waals surface area contributed by atoms with Crippen molar-refractivity contribution in [1.29, 1.82) is 0 Å². The molecule has 1 aromatic rings. The summed E-state index contributed by atoms with van der Waals surface area (Å²) < 4.78 is 14.9. The molecule has 1 rings (SSSR count). The maximum Gasteiger partial charge on any atom is 0.311 e. The van der Waals surface area contributed by atoms with E-state index < -0.39 is 4.92 Å². The number of methoxy groups -OCH3 is 3. The van der Waals surface area contributed by atoms with Gasteiger partial charge >= 0.3 is 5.69 Å². The van der Waals surface area contributed by atoms with E-state index in [-0.39, 0.29) is 11.4 Å². The van der Waals surface area contributed by atoms with Crippen LogP contribution in [-0.2, 0) is 9.47 Å². The van der Waals surface area contributed by atoms with Gasteiger partial charge in [-0.3, -0.25) is 10.1 Å². The van der Waals surface area contributed by atoms with Crippen LogP contribution in [-0.4, -0.2) is 26.3 Å². The van der Waals surface area contributed by atoms with Gasteiger partial charge in [-0.15, -0.1) is 0 Å². The van der Waals surface area contributed by atoms with Gasteiger partial charge in [0.1, 0.15) is 6.26 Å². The molecule has 136 valence electrons. The van der Waals surface area contributed by atoms with Gasteiger partial charge in [-0.25, -0.2) is 0 Å². The first-order valence-electron chi connectivity index (χ1n) is 7.66. The summed E-state index contributed by atoms with van der Waals surface area (Å²) in [7, 11) is 4.45. The third-order valence-electron chi connectivity index (χ3n) is 2.82. The lowest BCUT2D eigenvalue weighted by molar-refractivity contribution is -0.385. The van der Waals surface area contributed by atoms with E-state index in [4.69, 9.17) is 14.2 Å². The first kappa shape index (κ1) is 22.0. The zero-order valence-electron chi connectivity index (χ0n) is 15.3. The van der Waals surface area contributed by atoms with Crippen molar-refractivity contribution in [3.8, 4) is 5.75 Å². The van der Waals surface area contributed by atoms with Crippen molar-refractivity contribution in [3.63, 3.8) is 0 Å². The highest BCUT2D eigenvalue weighted by Crippen LogP contribution is 2.28. The predicted octanol–water partition coefficient (Wildman–Crippen LogP) is 4.89. The highest BCUT2D eigenvalue weighted by atomic mass is 16.6. The van der Waals surface area contributed by atoms with Crippen LogP contribution in [0.2, 0.25) is 0 Å².